The number of thioether (sulfide) groups is 1. The van der Waals surface area contributed by atoms with Crippen LogP contribution in [-0.4, -0.2) is 46.9 Å². The van der Waals surface area contributed by atoms with E-state index in [1.54, 1.807) is 21.2 Å². The van der Waals surface area contributed by atoms with E-state index in [4.69, 9.17) is 4.74 Å². The molecule has 7 heteroatoms. The Morgan fingerprint density at radius 2 is 2.15 bits per heavy atom. The van der Waals surface area contributed by atoms with Gasteiger partial charge in [-0.05, 0) is 6.07 Å². The van der Waals surface area contributed by atoms with Crippen molar-refractivity contribution in [2.75, 3.05) is 21.2 Å². The van der Waals surface area contributed by atoms with Crippen LogP contribution in [0.3, 0.4) is 0 Å². The maximum Gasteiger partial charge on any atom is 0.345 e. The Hall–Kier alpha value is -2.02. The van der Waals surface area contributed by atoms with Crippen molar-refractivity contribution in [2.24, 2.45) is 0 Å². The number of carbonyl (C=O) groups excluding carboxylic acids is 1. The first-order valence-electron chi connectivity index (χ1n) is 6.00. The molecule has 0 N–H and O–H groups in total. The fourth-order valence-corrected chi connectivity index (χ4v) is 2.37. The van der Waals surface area contributed by atoms with Gasteiger partial charge in [0.15, 0.2) is 0 Å². The second-order valence-corrected chi connectivity index (χ2v) is 5.19. The fourth-order valence-electron chi connectivity index (χ4n) is 1.58. The summed E-state index contributed by atoms with van der Waals surface area (Å²) in [7, 11) is 4.99. The van der Waals surface area contributed by atoms with Crippen molar-refractivity contribution in [1.29, 1.82) is 0 Å². The van der Waals surface area contributed by atoms with Crippen molar-refractivity contribution >= 4 is 17.8 Å². The minimum atomic E-state index is -0.221. The van der Waals surface area contributed by atoms with Crippen LogP contribution < -0.4 is 4.74 Å². The van der Waals surface area contributed by atoms with Crippen molar-refractivity contribution in [3.05, 3.63) is 36.2 Å². The zero-order valence-corrected chi connectivity index (χ0v) is 12.4. The predicted molar refractivity (Wildman–Crippen MR) is 77.1 cm³/mol. The van der Waals surface area contributed by atoms with Gasteiger partial charge < -0.3 is 9.64 Å². The summed E-state index contributed by atoms with van der Waals surface area (Å²) in [6, 6.07) is 7.57. The lowest BCUT2D eigenvalue weighted by atomic mass is 10.2. The molecule has 0 atom stereocenters. The van der Waals surface area contributed by atoms with Crippen LogP contribution in [0.5, 0.6) is 5.75 Å². The molecule has 6 nitrogen and oxygen atoms in total. The molecule has 0 bridgehead atoms. The van der Waals surface area contributed by atoms with E-state index in [-0.39, 0.29) is 6.03 Å². The molecule has 0 aliphatic carbocycles. The molecular formula is C13H16N4O2S. The highest BCUT2D eigenvalue weighted by Gasteiger charge is 2.11. The van der Waals surface area contributed by atoms with E-state index in [1.165, 1.54) is 27.7 Å². The van der Waals surface area contributed by atoms with Gasteiger partial charge >= 0.3 is 6.03 Å². The Kier molecular flexibility index (Phi) is 4.62. The minimum Gasteiger partial charge on any atom is -0.496 e. The van der Waals surface area contributed by atoms with Crippen molar-refractivity contribution in [2.45, 2.75) is 10.9 Å². The summed E-state index contributed by atoms with van der Waals surface area (Å²) in [5.41, 5.74) is 1.07. The zero-order valence-electron chi connectivity index (χ0n) is 11.6. The van der Waals surface area contributed by atoms with Gasteiger partial charge in [0.2, 0.25) is 5.16 Å². The Labute approximate surface area is 121 Å². The van der Waals surface area contributed by atoms with Crippen molar-refractivity contribution in [1.82, 2.24) is 19.7 Å². The first-order chi connectivity index (χ1) is 9.61. The van der Waals surface area contributed by atoms with E-state index in [1.807, 2.05) is 24.3 Å². The van der Waals surface area contributed by atoms with Gasteiger partial charge in [0.05, 0.1) is 7.11 Å². The number of rotatable bonds is 4. The smallest absolute Gasteiger partial charge is 0.345 e. The molecule has 106 valence electrons. The summed E-state index contributed by atoms with van der Waals surface area (Å²) < 4.78 is 6.52. The van der Waals surface area contributed by atoms with Crippen molar-refractivity contribution < 1.29 is 9.53 Å². The molecule has 0 radical (unpaired) electrons. The lowest BCUT2D eigenvalue weighted by Gasteiger charge is -2.08. The largest absolute Gasteiger partial charge is 0.496 e. The van der Waals surface area contributed by atoms with E-state index in [2.05, 4.69) is 10.1 Å². The summed E-state index contributed by atoms with van der Waals surface area (Å²) in [5, 5.41) is 4.70. The number of hydrogen-bond acceptors (Lipinski definition) is 5. The lowest BCUT2D eigenvalue weighted by Crippen LogP contribution is -2.27. The van der Waals surface area contributed by atoms with Crippen LogP contribution in [0.1, 0.15) is 5.56 Å². The summed E-state index contributed by atoms with van der Waals surface area (Å²) in [6.45, 7) is 0. The normalized spacial score (nSPS) is 10.3. The average molecular weight is 292 g/mol. The van der Waals surface area contributed by atoms with E-state index >= 15 is 0 Å². The molecule has 1 aromatic heterocycles. The molecule has 1 amide bonds. The van der Waals surface area contributed by atoms with Crippen LogP contribution in [0.4, 0.5) is 4.79 Å². The molecule has 0 aliphatic heterocycles. The van der Waals surface area contributed by atoms with Gasteiger partial charge in [-0.25, -0.2) is 9.78 Å². The Bertz CT molecular complexity index is 598. The molecule has 2 rings (SSSR count). The van der Waals surface area contributed by atoms with Crippen LogP contribution in [0.15, 0.2) is 35.7 Å². The zero-order chi connectivity index (χ0) is 14.5. The highest BCUT2D eigenvalue weighted by Crippen LogP contribution is 2.25. The standard InChI is InChI=1S/C13H16N4O2S/c1-16(2)13(18)17-9-14-12(15-17)20-8-10-6-4-5-7-11(10)19-3/h4-7,9H,8H2,1-3H3. The van der Waals surface area contributed by atoms with Gasteiger partial charge in [-0.1, -0.05) is 30.0 Å². The lowest BCUT2D eigenvalue weighted by molar-refractivity contribution is 0.215. The second-order valence-electron chi connectivity index (χ2n) is 4.25. The Morgan fingerprint density at radius 3 is 2.85 bits per heavy atom. The number of para-hydroxylation sites is 1. The maximum atomic E-state index is 11.7. The third-order valence-electron chi connectivity index (χ3n) is 2.60. The highest BCUT2D eigenvalue weighted by molar-refractivity contribution is 7.98. The molecule has 20 heavy (non-hydrogen) atoms. The van der Waals surface area contributed by atoms with Crippen molar-refractivity contribution in [3.63, 3.8) is 0 Å². The number of ether oxygens (including phenoxy) is 1. The number of methoxy groups -OCH3 is 1. The van der Waals surface area contributed by atoms with E-state index in [0.29, 0.717) is 10.9 Å². The number of benzene rings is 1. The molecule has 2 aromatic rings. The molecule has 1 heterocycles. The van der Waals surface area contributed by atoms with E-state index in [0.717, 1.165) is 11.3 Å². The molecule has 1 aromatic carbocycles. The SMILES string of the molecule is COc1ccccc1CSc1ncn(C(=O)N(C)C)n1. The first-order valence-corrected chi connectivity index (χ1v) is 6.98. The van der Waals surface area contributed by atoms with Gasteiger partial charge in [0.25, 0.3) is 0 Å². The molecular weight excluding hydrogens is 276 g/mol. The number of carbonyl (C=O) groups is 1. The Morgan fingerprint density at radius 1 is 1.40 bits per heavy atom. The highest BCUT2D eigenvalue weighted by atomic mass is 32.2. The average Bonchev–Trinajstić information content (AvgIpc) is 2.93. The molecule has 0 aliphatic rings. The quantitative estimate of drug-likeness (QED) is 0.808. The Balaban J connectivity index is 2.03. The van der Waals surface area contributed by atoms with Gasteiger partial charge in [-0.3, -0.25) is 0 Å². The van der Waals surface area contributed by atoms with Crippen LogP contribution in [0, 0.1) is 0 Å². The summed E-state index contributed by atoms with van der Waals surface area (Å²) in [4.78, 5) is 17.3. The van der Waals surface area contributed by atoms with Gasteiger partial charge in [0, 0.05) is 25.4 Å². The topological polar surface area (TPSA) is 60.3 Å². The molecule has 0 spiro atoms. The predicted octanol–water partition coefficient (Wildman–Crippen LogP) is 2.11. The first kappa shape index (κ1) is 14.4. The third-order valence-corrected chi connectivity index (χ3v) is 3.50. The van der Waals surface area contributed by atoms with Crippen LogP contribution >= 0.6 is 11.8 Å². The van der Waals surface area contributed by atoms with Crippen LogP contribution in [0.2, 0.25) is 0 Å². The summed E-state index contributed by atoms with van der Waals surface area (Å²) in [6.07, 6.45) is 1.42. The van der Waals surface area contributed by atoms with E-state index in [9.17, 15) is 4.79 Å². The molecule has 0 saturated heterocycles. The third kappa shape index (κ3) is 3.30. The number of amides is 1. The number of hydrogen-bond donors (Lipinski definition) is 0. The molecule has 0 unspecified atom stereocenters. The van der Waals surface area contributed by atoms with Crippen LogP contribution in [0.25, 0.3) is 0 Å². The fraction of sp³-hybridized carbons (Fsp3) is 0.308. The maximum absolute atomic E-state index is 11.7. The second kappa shape index (κ2) is 6.42. The number of nitrogens with zero attached hydrogens (tertiary/aromatic N) is 4. The molecule has 0 fully saturated rings. The van der Waals surface area contributed by atoms with E-state index < -0.39 is 0 Å². The van der Waals surface area contributed by atoms with Gasteiger partial charge in [-0.15, -0.1) is 5.10 Å². The van der Waals surface area contributed by atoms with Gasteiger partial charge in [0.1, 0.15) is 12.1 Å². The van der Waals surface area contributed by atoms with Gasteiger partial charge in [-0.2, -0.15) is 4.68 Å². The summed E-state index contributed by atoms with van der Waals surface area (Å²) in [5.74, 6) is 1.52. The molecule has 0 saturated carbocycles. The van der Waals surface area contributed by atoms with Crippen LogP contribution in [-0.2, 0) is 5.75 Å². The minimum absolute atomic E-state index is 0.221. The summed E-state index contributed by atoms with van der Waals surface area (Å²) >= 11 is 1.46. The number of aromatic nitrogens is 3. The van der Waals surface area contributed by atoms with Crippen molar-refractivity contribution in [3.8, 4) is 5.75 Å². The monoisotopic (exact) mass is 292 g/mol.